The fraction of sp³-hybridized carbons (Fsp3) is 0.368. The molecule has 0 saturated carbocycles. The van der Waals surface area contributed by atoms with E-state index < -0.39 is 0 Å². The maximum atomic E-state index is 9.55. The molecule has 3 rings (SSSR count). The van der Waals surface area contributed by atoms with Gasteiger partial charge in [-0.25, -0.2) is 4.98 Å². The van der Waals surface area contributed by atoms with Gasteiger partial charge in [0.15, 0.2) is 0 Å². The molecule has 1 aliphatic heterocycles. The van der Waals surface area contributed by atoms with E-state index in [1.165, 1.54) is 5.56 Å². The Bertz CT molecular complexity index is 708. The number of hydrogen-bond donors (Lipinski definition) is 0. The van der Waals surface area contributed by atoms with E-state index in [9.17, 15) is 5.26 Å². The number of likely N-dealkylation sites (tertiary alicyclic amines) is 1. The van der Waals surface area contributed by atoms with Crippen LogP contribution in [0.25, 0.3) is 0 Å². The third-order valence-corrected chi connectivity index (χ3v) is 4.40. The molecule has 1 fully saturated rings. The second-order valence-electron chi connectivity index (χ2n) is 6.11. The summed E-state index contributed by atoms with van der Waals surface area (Å²) in [7, 11) is 1.63. The smallest absolute Gasteiger partial charge is 0.213 e. The first-order valence-corrected chi connectivity index (χ1v) is 7.88. The number of hydrogen-bond acceptors (Lipinski definition) is 4. The SMILES string of the molecule is COc1cc([C@@H]2CN(Cc3ccccc3)C[C@H]2C#N)cc(C)n1. The van der Waals surface area contributed by atoms with Crippen LogP contribution in [-0.2, 0) is 6.54 Å². The Morgan fingerprint density at radius 1 is 1.26 bits per heavy atom. The molecule has 0 amide bonds. The molecule has 1 aromatic carbocycles. The van der Waals surface area contributed by atoms with Gasteiger partial charge in [0.05, 0.1) is 19.1 Å². The predicted molar refractivity (Wildman–Crippen MR) is 89.1 cm³/mol. The molecular weight excluding hydrogens is 286 g/mol. The largest absolute Gasteiger partial charge is 0.481 e. The Kier molecular flexibility index (Phi) is 4.59. The highest BCUT2D eigenvalue weighted by molar-refractivity contribution is 5.31. The van der Waals surface area contributed by atoms with E-state index in [0.29, 0.717) is 5.88 Å². The minimum Gasteiger partial charge on any atom is -0.481 e. The zero-order valence-corrected chi connectivity index (χ0v) is 13.6. The number of benzene rings is 1. The molecule has 0 N–H and O–H groups in total. The summed E-state index contributed by atoms with van der Waals surface area (Å²) in [5.41, 5.74) is 3.36. The van der Waals surface area contributed by atoms with Crippen molar-refractivity contribution < 1.29 is 4.74 Å². The summed E-state index contributed by atoms with van der Waals surface area (Å²) in [6, 6.07) is 16.9. The number of aryl methyl sites for hydroxylation is 1. The maximum absolute atomic E-state index is 9.55. The molecule has 2 heterocycles. The van der Waals surface area contributed by atoms with Crippen LogP contribution >= 0.6 is 0 Å². The molecule has 1 aliphatic rings. The van der Waals surface area contributed by atoms with Gasteiger partial charge in [-0.2, -0.15) is 5.26 Å². The summed E-state index contributed by atoms with van der Waals surface area (Å²) in [6.45, 7) is 4.54. The zero-order valence-electron chi connectivity index (χ0n) is 13.6. The van der Waals surface area contributed by atoms with Gasteiger partial charge in [0, 0.05) is 37.3 Å². The zero-order chi connectivity index (χ0) is 16.2. The van der Waals surface area contributed by atoms with Crippen molar-refractivity contribution in [3.8, 4) is 11.9 Å². The summed E-state index contributed by atoms with van der Waals surface area (Å²) in [5, 5.41) is 9.55. The van der Waals surface area contributed by atoms with Crippen molar-refractivity contribution in [1.82, 2.24) is 9.88 Å². The lowest BCUT2D eigenvalue weighted by Crippen LogP contribution is -2.20. The first-order valence-electron chi connectivity index (χ1n) is 7.88. The van der Waals surface area contributed by atoms with Gasteiger partial charge in [-0.05, 0) is 24.1 Å². The standard InChI is InChI=1S/C19H21N3O/c1-14-8-16(9-19(21-14)23-2)18-13-22(12-17(18)10-20)11-15-6-4-3-5-7-15/h3-9,17-18H,11-13H2,1-2H3/t17-,18+/m1/s1. The third kappa shape index (κ3) is 3.52. The van der Waals surface area contributed by atoms with Gasteiger partial charge < -0.3 is 4.74 Å². The van der Waals surface area contributed by atoms with Crippen LogP contribution in [0.4, 0.5) is 0 Å². The number of nitrogens with zero attached hydrogens (tertiary/aromatic N) is 3. The van der Waals surface area contributed by atoms with E-state index in [4.69, 9.17) is 4.74 Å². The van der Waals surface area contributed by atoms with Gasteiger partial charge in [-0.3, -0.25) is 4.90 Å². The molecule has 4 nitrogen and oxygen atoms in total. The molecule has 23 heavy (non-hydrogen) atoms. The van der Waals surface area contributed by atoms with Crippen LogP contribution in [-0.4, -0.2) is 30.1 Å². The molecule has 4 heteroatoms. The fourth-order valence-electron chi connectivity index (χ4n) is 3.31. The second kappa shape index (κ2) is 6.80. The van der Waals surface area contributed by atoms with Gasteiger partial charge >= 0.3 is 0 Å². The minimum absolute atomic E-state index is 0.00483. The van der Waals surface area contributed by atoms with E-state index >= 15 is 0 Å². The van der Waals surface area contributed by atoms with Crippen LogP contribution in [0.5, 0.6) is 5.88 Å². The molecular formula is C19H21N3O. The monoisotopic (exact) mass is 307 g/mol. The normalized spacial score (nSPS) is 21.1. The molecule has 0 unspecified atom stereocenters. The van der Waals surface area contributed by atoms with Gasteiger partial charge in [-0.15, -0.1) is 0 Å². The number of pyridine rings is 1. The molecule has 2 aromatic rings. The Balaban J connectivity index is 1.80. The number of methoxy groups -OCH3 is 1. The maximum Gasteiger partial charge on any atom is 0.213 e. The van der Waals surface area contributed by atoms with Crippen molar-refractivity contribution in [1.29, 1.82) is 5.26 Å². The van der Waals surface area contributed by atoms with Crippen LogP contribution < -0.4 is 4.74 Å². The Hall–Kier alpha value is -2.38. The van der Waals surface area contributed by atoms with Crippen molar-refractivity contribution in [2.75, 3.05) is 20.2 Å². The third-order valence-electron chi connectivity index (χ3n) is 4.40. The summed E-state index contributed by atoms with van der Waals surface area (Å²) in [6.07, 6.45) is 0. The Labute approximate surface area is 137 Å². The van der Waals surface area contributed by atoms with E-state index in [0.717, 1.165) is 30.9 Å². The van der Waals surface area contributed by atoms with Crippen molar-refractivity contribution >= 4 is 0 Å². The van der Waals surface area contributed by atoms with Crippen LogP contribution in [0, 0.1) is 24.2 Å². The second-order valence-corrected chi connectivity index (χ2v) is 6.11. The highest BCUT2D eigenvalue weighted by Crippen LogP contribution is 2.34. The van der Waals surface area contributed by atoms with Crippen LogP contribution in [0.1, 0.15) is 22.7 Å². The summed E-state index contributed by atoms with van der Waals surface area (Å²) in [5.74, 6) is 0.836. The van der Waals surface area contributed by atoms with Crippen molar-refractivity contribution in [3.05, 3.63) is 59.3 Å². The molecule has 0 radical (unpaired) electrons. The summed E-state index contributed by atoms with van der Waals surface area (Å²) in [4.78, 5) is 6.70. The number of ether oxygens (including phenoxy) is 1. The number of aromatic nitrogens is 1. The average Bonchev–Trinajstić information content (AvgIpc) is 2.98. The van der Waals surface area contributed by atoms with Gasteiger partial charge in [0.1, 0.15) is 0 Å². The van der Waals surface area contributed by atoms with E-state index in [1.807, 2.05) is 19.1 Å². The van der Waals surface area contributed by atoms with Gasteiger partial charge in [-0.1, -0.05) is 30.3 Å². The molecule has 0 aliphatic carbocycles. The first kappa shape index (κ1) is 15.5. The summed E-state index contributed by atoms with van der Waals surface area (Å²) < 4.78 is 5.28. The van der Waals surface area contributed by atoms with E-state index in [1.54, 1.807) is 7.11 Å². The van der Waals surface area contributed by atoms with Crippen LogP contribution in [0.3, 0.4) is 0 Å². The molecule has 2 atom stereocenters. The molecule has 0 bridgehead atoms. The lowest BCUT2D eigenvalue weighted by Gasteiger charge is -2.16. The van der Waals surface area contributed by atoms with Gasteiger partial charge in [0.2, 0.25) is 5.88 Å². The van der Waals surface area contributed by atoms with Crippen molar-refractivity contribution in [2.24, 2.45) is 5.92 Å². The number of nitriles is 1. The predicted octanol–water partition coefficient (Wildman–Crippen LogP) is 3.14. The van der Waals surface area contributed by atoms with Crippen LogP contribution in [0.2, 0.25) is 0 Å². The Morgan fingerprint density at radius 3 is 2.74 bits per heavy atom. The van der Waals surface area contributed by atoms with Crippen molar-refractivity contribution in [3.63, 3.8) is 0 Å². The Morgan fingerprint density at radius 2 is 2.04 bits per heavy atom. The summed E-state index contributed by atoms with van der Waals surface area (Å²) >= 11 is 0. The molecule has 1 aromatic heterocycles. The highest BCUT2D eigenvalue weighted by Gasteiger charge is 2.34. The quantitative estimate of drug-likeness (QED) is 0.870. The van der Waals surface area contributed by atoms with E-state index in [2.05, 4.69) is 46.3 Å². The van der Waals surface area contributed by atoms with Crippen LogP contribution in [0.15, 0.2) is 42.5 Å². The topological polar surface area (TPSA) is 49.1 Å². The fourth-order valence-corrected chi connectivity index (χ4v) is 3.31. The van der Waals surface area contributed by atoms with Gasteiger partial charge in [0.25, 0.3) is 0 Å². The average molecular weight is 307 g/mol. The number of rotatable bonds is 4. The van der Waals surface area contributed by atoms with Crippen molar-refractivity contribution in [2.45, 2.75) is 19.4 Å². The lowest BCUT2D eigenvalue weighted by atomic mass is 9.90. The minimum atomic E-state index is 0.00483. The lowest BCUT2D eigenvalue weighted by molar-refractivity contribution is 0.322. The highest BCUT2D eigenvalue weighted by atomic mass is 16.5. The molecule has 0 spiro atoms. The molecule has 118 valence electrons. The first-order chi connectivity index (χ1) is 11.2. The molecule has 1 saturated heterocycles. The van der Waals surface area contributed by atoms with E-state index in [-0.39, 0.29) is 11.8 Å².